The average Bonchev–Trinajstić information content (AvgIpc) is 3.76. The Morgan fingerprint density at radius 3 is 2.59 bits per heavy atom. The van der Waals surface area contributed by atoms with E-state index >= 15 is 0 Å². The number of ether oxygens (including phenoxy) is 6. The third-order valence-corrected chi connectivity index (χ3v) is 6.87. The van der Waals surface area contributed by atoms with Crippen LogP contribution in [0.25, 0.3) is 5.76 Å². The second kappa shape index (κ2) is 9.78. The summed E-state index contributed by atoms with van der Waals surface area (Å²) < 4.78 is 35.2. The summed E-state index contributed by atoms with van der Waals surface area (Å²) in [6.45, 7) is 0.785. The lowest BCUT2D eigenvalue weighted by atomic mass is 9.93. The summed E-state index contributed by atoms with van der Waals surface area (Å²) in [5, 5.41) is 11.5. The van der Waals surface area contributed by atoms with Crippen molar-refractivity contribution in [3.8, 4) is 34.5 Å². The van der Waals surface area contributed by atoms with Crippen molar-refractivity contribution in [2.24, 2.45) is 0 Å². The lowest BCUT2D eigenvalue weighted by Gasteiger charge is -2.27. The Labute approximate surface area is 222 Å². The Morgan fingerprint density at radius 2 is 1.82 bits per heavy atom. The number of aryl methyl sites for hydroxylation is 1. The van der Waals surface area contributed by atoms with Crippen LogP contribution in [-0.4, -0.2) is 65.6 Å². The Morgan fingerprint density at radius 1 is 1.03 bits per heavy atom. The van der Waals surface area contributed by atoms with E-state index in [2.05, 4.69) is 4.98 Å². The fourth-order valence-electron chi connectivity index (χ4n) is 5.07. The minimum absolute atomic E-state index is 0.0478. The van der Waals surface area contributed by atoms with Crippen LogP contribution in [0.2, 0.25) is 0 Å². The van der Waals surface area contributed by atoms with Gasteiger partial charge >= 0.3 is 0 Å². The molecule has 12 nitrogen and oxygen atoms in total. The van der Waals surface area contributed by atoms with Crippen LogP contribution in [0.15, 0.2) is 48.6 Å². The van der Waals surface area contributed by atoms with E-state index in [1.54, 1.807) is 36.8 Å². The predicted molar refractivity (Wildman–Crippen MR) is 134 cm³/mol. The summed E-state index contributed by atoms with van der Waals surface area (Å²) in [6, 6.07) is 5.44. The molecular weight excluding hydrogens is 510 g/mol. The fraction of sp³-hybridized carbons (Fsp3) is 0.296. The lowest BCUT2D eigenvalue weighted by molar-refractivity contribution is -0.140. The molecule has 0 unspecified atom stereocenters. The summed E-state index contributed by atoms with van der Waals surface area (Å²) in [5.41, 5.74) is 0.607. The molecule has 6 rings (SSSR count). The molecular formula is C27H25N3O9. The van der Waals surface area contributed by atoms with Gasteiger partial charge < -0.3 is 43.0 Å². The highest BCUT2D eigenvalue weighted by Crippen LogP contribution is 2.54. The van der Waals surface area contributed by atoms with Crippen molar-refractivity contribution >= 4 is 17.4 Å². The second-order valence-electron chi connectivity index (χ2n) is 8.98. The van der Waals surface area contributed by atoms with Gasteiger partial charge in [-0.3, -0.25) is 9.59 Å². The van der Waals surface area contributed by atoms with Crippen molar-refractivity contribution < 1.29 is 43.1 Å². The van der Waals surface area contributed by atoms with Gasteiger partial charge in [-0.05, 0) is 30.7 Å². The Bertz CT molecular complexity index is 1480. The number of aliphatic hydroxyl groups is 1. The van der Waals surface area contributed by atoms with Crippen molar-refractivity contribution in [1.29, 1.82) is 0 Å². The molecule has 1 N–H and O–H groups in total. The van der Waals surface area contributed by atoms with Gasteiger partial charge in [0.25, 0.3) is 11.7 Å². The topological polar surface area (TPSA) is 131 Å². The molecule has 2 aromatic carbocycles. The number of aromatic nitrogens is 2. The number of rotatable bonds is 8. The van der Waals surface area contributed by atoms with Crippen LogP contribution in [-0.2, 0) is 16.1 Å². The summed E-state index contributed by atoms with van der Waals surface area (Å²) in [5.74, 6) is 0.273. The van der Waals surface area contributed by atoms with E-state index in [4.69, 9.17) is 28.4 Å². The molecule has 4 heterocycles. The number of likely N-dealkylation sites (tertiary alicyclic amines) is 1. The van der Waals surface area contributed by atoms with E-state index in [1.165, 1.54) is 19.1 Å². The van der Waals surface area contributed by atoms with Crippen LogP contribution in [0.3, 0.4) is 0 Å². The molecule has 1 aromatic heterocycles. The van der Waals surface area contributed by atoms with Crippen molar-refractivity contribution in [3.05, 3.63) is 59.7 Å². The SMILES string of the molecule is COc1cc([C@@H]2C(=C(O)c3ccc4c(c3)OCO4)C(=O)C(=O)N2CCCn2ccnc2)c(OC)c2c1OCO2. The first kappa shape index (κ1) is 24.5. The van der Waals surface area contributed by atoms with Crippen molar-refractivity contribution in [2.45, 2.75) is 19.0 Å². The summed E-state index contributed by atoms with van der Waals surface area (Å²) in [7, 11) is 2.93. The van der Waals surface area contributed by atoms with Crippen LogP contribution in [0, 0.1) is 0 Å². The molecule has 3 aliphatic rings. The number of Topliss-reactive ketones (excluding diaryl/α,β-unsaturated/α-hetero) is 1. The molecule has 1 atom stereocenters. The van der Waals surface area contributed by atoms with Crippen molar-refractivity contribution in [1.82, 2.24) is 14.5 Å². The third-order valence-electron chi connectivity index (χ3n) is 6.87. The zero-order chi connectivity index (χ0) is 27.1. The highest BCUT2D eigenvalue weighted by atomic mass is 16.7. The van der Waals surface area contributed by atoms with E-state index in [1.807, 2.05) is 10.8 Å². The quantitative estimate of drug-likeness (QED) is 0.261. The molecule has 0 bridgehead atoms. The highest BCUT2D eigenvalue weighted by Gasteiger charge is 2.48. The van der Waals surface area contributed by atoms with Gasteiger partial charge in [-0.2, -0.15) is 0 Å². The normalized spacial score (nSPS) is 18.6. The maximum Gasteiger partial charge on any atom is 0.295 e. The van der Waals surface area contributed by atoms with Gasteiger partial charge in [0.2, 0.25) is 25.1 Å². The molecule has 202 valence electrons. The van der Waals surface area contributed by atoms with Crippen molar-refractivity contribution in [3.63, 3.8) is 0 Å². The summed E-state index contributed by atoms with van der Waals surface area (Å²) in [6.07, 6.45) is 5.68. The van der Waals surface area contributed by atoms with Crippen molar-refractivity contribution in [2.75, 3.05) is 34.4 Å². The molecule has 3 aliphatic heterocycles. The van der Waals surface area contributed by atoms with E-state index in [0.29, 0.717) is 52.8 Å². The molecule has 39 heavy (non-hydrogen) atoms. The van der Waals surface area contributed by atoms with Gasteiger partial charge in [0, 0.05) is 36.6 Å². The molecule has 1 fully saturated rings. The fourth-order valence-corrected chi connectivity index (χ4v) is 5.07. The number of aliphatic hydroxyl groups excluding tert-OH is 1. The van der Waals surface area contributed by atoms with E-state index in [-0.39, 0.29) is 37.2 Å². The maximum atomic E-state index is 13.5. The zero-order valence-corrected chi connectivity index (χ0v) is 21.2. The minimum atomic E-state index is -1.00. The number of nitrogens with zero attached hydrogens (tertiary/aromatic N) is 3. The standard InChI is InChI=1S/C27H25N3O9/c1-34-19-11-16(24(35-2)26-25(19)38-14-39-26)21-20(22(31)15-4-5-17-18(10-15)37-13-36-17)23(32)27(33)30(21)8-3-7-29-9-6-28-12-29/h4-6,9-12,21,31H,3,7-8,13-14H2,1-2H3/t21-/m1/s1. The minimum Gasteiger partial charge on any atom is -0.507 e. The predicted octanol–water partition coefficient (Wildman–Crippen LogP) is 2.87. The van der Waals surface area contributed by atoms with Gasteiger partial charge in [-0.1, -0.05) is 0 Å². The second-order valence-corrected chi connectivity index (χ2v) is 8.98. The lowest BCUT2D eigenvalue weighted by Crippen LogP contribution is -2.31. The van der Waals surface area contributed by atoms with Gasteiger partial charge in [0.1, 0.15) is 5.76 Å². The number of methoxy groups -OCH3 is 2. The van der Waals surface area contributed by atoms with Crippen LogP contribution in [0.1, 0.15) is 23.6 Å². The molecule has 0 saturated carbocycles. The van der Waals surface area contributed by atoms with Gasteiger partial charge in [-0.25, -0.2) is 4.98 Å². The molecule has 0 aliphatic carbocycles. The number of carbonyl (C=O) groups excluding carboxylic acids is 2. The number of hydrogen-bond acceptors (Lipinski definition) is 10. The number of ketones is 1. The highest BCUT2D eigenvalue weighted by molar-refractivity contribution is 6.46. The molecule has 0 radical (unpaired) electrons. The monoisotopic (exact) mass is 535 g/mol. The van der Waals surface area contributed by atoms with Crippen LogP contribution >= 0.6 is 0 Å². The van der Waals surface area contributed by atoms with Crippen LogP contribution in [0.5, 0.6) is 34.5 Å². The summed E-state index contributed by atoms with van der Waals surface area (Å²) >= 11 is 0. The van der Waals surface area contributed by atoms with Gasteiger partial charge in [-0.15, -0.1) is 0 Å². The number of imidazole rings is 1. The number of benzene rings is 2. The Kier molecular flexibility index (Phi) is 6.14. The molecule has 1 saturated heterocycles. The molecule has 0 spiro atoms. The first-order chi connectivity index (χ1) is 19.0. The van der Waals surface area contributed by atoms with E-state index in [9.17, 15) is 14.7 Å². The summed E-state index contributed by atoms with van der Waals surface area (Å²) in [4.78, 5) is 32.4. The van der Waals surface area contributed by atoms with Crippen LogP contribution < -0.4 is 28.4 Å². The largest absolute Gasteiger partial charge is 0.507 e. The van der Waals surface area contributed by atoms with Crippen LogP contribution in [0.4, 0.5) is 0 Å². The van der Waals surface area contributed by atoms with Gasteiger partial charge in [0.05, 0.1) is 32.2 Å². The smallest absolute Gasteiger partial charge is 0.295 e. The number of hydrogen-bond donors (Lipinski definition) is 1. The first-order valence-corrected chi connectivity index (χ1v) is 12.2. The first-order valence-electron chi connectivity index (χ1n) is 12.2. The zero-order valence-electron chi connectivity index (χ0n) is 21.2. The molecule has 3 aromatic rings. The number of carbonyl (C=O) groups is 2. The maximum absolute atomic E-state index is 13.5. The Balaban J connectivity index is 1.49. The van der Waals surface area contributed by atoms with E-state index in [0.717, 1.165) is 0 Å². The third kappa shape index (κ3) is 4.04. The van der Waals surface area contributed by atoms with Gasteiger partial charge in [0.15, 0.2) is 23.0 Å². The molecule has 12 heteroatoms. The molecule has 1 amide bonds. The number of fused-ring (bicyclic) bond motifs is 2. The Hall–Kier alpha value is -4.87. The average molecular weight is 536 g/mol. The van der Waals surface area contributed by atoms with E-state index < -0.39 is 17.7 Å². The number of amides is 1.